The first-order valence-corrected chi connectivity index (χ1v) is 6.07. The molecule has 0 atom stereocenters. The first-order valence-electron chi connectivity index (χ1n) is 6.07. The van der Waals surface area contributed by atoms with Gasteiger partial charge in [-0.25, -0.2) is 10.2 Å². The van der Waals surface area contributed by atoms with Gasteiger partial charge < -0.3 is 10.5 Å². The van der Waals surface area contributed by atoms with Gasteiger partial charge in [0.25, 0.3) is 0 Å². The summed E-state index contributed by atoms with van der Waals surface area (Å²) in [5.74, 6) is 0.896. The number of aromatic nitrogens is 1. The molecule has 1 heterocycles. The molecule has 0 saturated carbocycles. The molecule has 4 N–H and O–H groups in total. The molecule has 2 rings (SSSR count). The molecule has 9 heteroatoms. The molecule has 0 fully saturated rings. The van der Waals surface area contributed by atoms with Crippen molar-refractivity contribution in [1.82, 2.24) is 5.43 Å². The van der Waals surface area contributed by atoms with Crippen LogP contribution in [-0.4, -0.2) is 17.2 Å². The van der Waals surface area contributed by atoms with Gasteiger partial charge in [-0.2, -0.15) is 10.1 Å². The van der Waals surface area contributed by atoms with Crippen LogP contribution in [0.15, 0.2) is 47.7 Å². The minimum absolute atomic E-state index is 0.0548. The number of urea groups is 1. The van der Waals surface area contributed by atoms with Gasteiger partial charge in [-0.3, -0.25) is 10.1 Å². The summed E-state index contributed by atoms with van der Waals surface area (Å²) in [7, 11) is 0. The van der Waals surface area contributed by atoms with E-state index in [2.05, 4.69) is 15.5 Å². The third kappa shape index (κ3) is 4.27. The van der Waals surface area contributed by atoms with Crippen molar-refractivity contribution in [2.24, 2.45) is 10.8 Å². The zero-order valence-corrected chi connectivity index (χ0v) is 11.2. The van der Waals surface area contributed by atoms with Gasteiger partial charge in [-0.05, 0) is 29.8 Å². The predicted octanol–water partition coefficient (Wildman–Crippen LogP) is 1.20. The fourth-order valence-electron chi connectivity index (χ4n) is 1.50. The van der Waals surface area contributed by atoms with E-state index in [1.165, 1.54) is 24.5 Å². The van der Waals surface area contributed by atoms with E-state index in [1.807, 2.05) is 0 Å². The molecule has 2 aromatic rings. The predicted molar refractivity (Wildman–Crippen MR) is 76.5 cm³/mol. The number of nitrogens with one attached hydrogen (secondary N) is 2. The summed E-state index contributed by atoms with van der Waals surface area (Å²) < 4.78 is 5.50. The topological polar surface area (TPSA) is 134 Å². The summed E-state index contributed by atoms with van der Waals surface area (Å²) in [6, 6.07) is 8.85. The van der Waals surface area contributed by atoms with E-state index in [0.29, 0.717) is 11.6 Å². The largest absolute Gasteiger partial charge is 0.405 e. The summed E-state index contributed by atoms with van der Waals surface area (Å²) in [4.78, 5) is 23.2. The molecule has 2 amide bonds. The minimum atomic E-state index is -0.745. The molecule has 0 unspecified atom stereocenters. The van der Waals surface area contributed by atoms with E-state index in [9.17, 15) is 14.9 Å². The number of hydrogen-bond acceptors (Lipinski definition) is 5. The van der Waals surface area contributed by atoms with Gasteiger partial charge in [0.15, 0.2) is 0 Å². The van der Waals surface area contributed by atoms with E-state index < -0.39 is 11.0 Å². The van der Waals surface area contributed by atoms with Crippen molar-refractivity contribution >= 4 is 17.9 Å². The number of hydrogen-bond donors (Lipinski definition) is 2. The van der Waals surface area contributed by atoms with Gasteiger partial charge in [0.2, 0.25) is 6.20 Å². The van der Waals surface area contributed by atoms with Gasteiger partial charge in [-0.1, -0.05) is 0 Å². The summed E-state index contributed by atoms with van der Waals surface area (Å²) in [5, 5.41) is 14.2. The molecule has 0 saturated heterocycles. The number of aromatic amines is 1. The lowest BCUT2D eigenvalue weighted by Crippen LogP contribution is -2.24. The molecule has 22 heavy (non-hydrogen) atoms. The number of H-pyrrole nitrogens is 1. The molecule has 0 spiro atoms. The zero-order valence-electron chi connectivity index (χ0n) is 11.2. The SMILES string of the molecule is NC(=O)NN=Cc1ccc(Oc2ccc([N+](=O)[O-])c[nH+]2)cc1. The number of ether oxygens (including phenoxy) is 1. The highest BCUT2D eigenvalue weighted by molar-refractivity contribution is 5.81. The molecule has 112 valence electrons. The lowest BCUT2D eigenvalue weighted by Gasteiger charge is -2.00. The third-order valence-corrected chi connectivity index (χ3v) is 2.47. The second-order valence-corrected chi connectivity index (χ2v) is 4.07. The molecular formula is C13H12N5O4+. The van der Waals surface area contributed by atoms with Crippen LogP contribution < -0.4 is 20.9 Å². The van der Waals surface area contributed by atoms with Crippen molar-refractivity contribution in [3.63, 3.8) is 0 Å². The highest BCUT2D eigenvalue weighted by Crippen LogP contribution is 2.18. The molecule has 0 radical (unpaired) electrons. The van der Waals surface area contributed by atoms with Crippen LogP contribution in [0, 0.1) is 10.1 Å². The Kier molecular flexibility index (Phi) is 4.60. The van der Waals surface area contributed by atoms with Crippen molar-refractivity contribution in [3.05, 3.63) is 58.3 Å². The van der Waals surface area contributed by atoms with Gasteiger partial charge in [0, 0.05) is 6.07 Å². The highest BCUT2D eigenvalue weighted by atomic mass is 16.6. The molecule has 9 nitrogen and oxygen atoms in total. The third-order valence-electron chi connectivity index (χ3n) is 2.47. The van der Waals surface area contributed by atoms with Gasteiger partial charge in [0.05, 0.1) is 17.2 Å². The maximum Gasteiger partial charge on any atom is 0.371 e. The molecule has 1 aromatic heterocycles. The zero-order chi connectivity index (χ0) is 15.9. The van der Waals surface area contributed by atoms with Crippen LogP contribution in [0.25, 0.3) is 0 Å². The summed E-state index contributed by atoms with van der Waals surface area (Å²) >= 11 is 0. The van der Waals surface area contributed by atoms with E-state index in [4.69, 9.17) is 10.5 Å². The van der Waals surface area contributed by atoms with E-state index >= 15 is 0 Å². The Hall–Kier alpha value is -3.49. The normalized spacial score (nSPS) is 10.4. The summed E-state index contributed by atoms with van der Waals surface area (Å²) in [5.41, 5.74) is 7.62. The molecule has 0 aliphatic rings. The standard InChI is InChI=1S/C13H11N5O4/c14-13(19)17-16-7-9-1-4-11(5-2-9)22-12-6-3-10(8-15-12)18(20)21/h1-8H,(H3,14,17,19)/p+1. The Balaban J connectivity index is 2.00. The molecule has 0 aliphatic carbocycles. The molecule has 1 aromatic carbocycles. The molecular weight excluding hydrogens is 290 g/mol. The van der Waals surface area contributed by atoms with Gasteiger partial charge in [-0.15, -0.1) is 0 Å². The number of nitrogens with two attached hydrogens (primary N) is 1. The highest BCUT2D eigenvalue weighted by Gasteiger charge is 2.11. The Morgan fingerprint density at radius 3 is 2.59 bits per heavy atom. The number of carbonyl (C=O) groups excluding carboxylic acids is 1. The number of rotatable bonds is 5. The van der Waals surface area contributed by atoms with Gasteiger partial charge in [0.1, 0.15) is 5.75 Å². The number of pyridine rings is 1. The van der Waals surface area contributed by atoms with Crippen LogP contribution >= 0.6 is 0 Å². The van der Waals surface area contributed by atoms with Crippen molar-refractivity contribution < 1.29 is 19.4 Å². The lowest BCUT2D eigenvalue weighted by atomic mass is 10.2. The number of amides is 2. The number of carbonyl (C=O) groups is 1. The summed E-state index contributed by atoms with van der Waals surface area (Å²) in [6.45, 7) is 0. The average Bonchev–Trinajstić information content (AvgIpc) is 2.49. The summed E-state index contributed by atoms with van der Waals surface area (Å²) in [6.07, 6.45) is 2.67. The Labute approximate surface area is 124 Å². The van der Waals surface area contributed by atoms with Gasteiger partial charge >= 0.3 is 17.6 Å². The fourth-order valence-corrected chi connectivity index (χ4v) is 1.50. The van der Waals surface area contributed by atoms with Crippen LogP contribution in [0.2, 0.25) is 0 Å². The monoisotopic (exact) mass is 302 g/mol. The quantitative estimate of drug-likeness (QED) is 0.487. The Bertz CT molecular complexity index is 697. The lowest BCUT2D eigenvalue weighted by molar-refractivity contribution is -0.425. The number of primary amides is 1. The fraction of sp³-hybridized carbons (Fsp3) is 0. The van der Waals surface area contributed by atoms with Crippen molar-refractivity contribution in [3.8, 4) is 11.6 Å². The minimum Gasteiger partial charge on any atom is -0.405 e. The van der Waals surface area contributed by atoms with Crippen LogP contribution in [0.1, 0.15) is 5.56 Å². The van der Waals surface area contributed by atoms with E-state index in [0.717, 1.165) is 5.56 Å². The van der Waals surface area contributed by atoms with Crippen LogP contribution in [0.4, 0.5) is 10.5 Å². The van der Waals surface area contributed by atoms with Crippen molar-refractivity contribution in [1.29, 1.82) is 0 Å². The van der Waals surface area contributed by atoms with Crippen molar-refractivity contribution in [2.75, 3.05) is 0 Å². The van der Waals surface area contributed by atoms with E-state index in [1.54, 1.807) is 24.3 Å². The number of benzene rings is 1. The smallest absolute Gasteiger partial charge is 0.371 e. The average molecular weight is 302 g/mol. The first kappa shape index (κ1) is 14.9. The molecule has 0 aliphatic heterocycles. The maximum absolute atomic E-state index is 10.5. The number of hydrazone groups is 1. The number of nitro groups is 1. The number of nitrogens with zero attached hydrogens (tertiary/aromatic N) is 2. The van der Waals surface area contributed by atoms with Crippen LogP contribution in [0.5, 0.6) is 11.6 Å². The molecule has 0 bridgehead atoms. The maximum atomic E-state index is 10.5. The Morgan fingerprint density at radius 1 is 1.32 bits per heavy atom. The first-order chi connectivity index (χ1) is 10.5. The van der Waals surface area contributed by atoms with E-state index in [-0.39, 0.29) is 5.69 Å². The second kappa shape index (κ2) is 6.79. The van der Waals surface area contributed by atoms with Crippen LogP contribution in [0.3, 0.4) is 0 Å². The Morgan fingerprint density at radius 2 is 2.05 bits per heavy atom. The van der Waals surface area contributed by atoms with Crippen molar-refractivity contribution in [2.45, 2.75) is 0 Å². The second-order valence-electron chi connectivity index (χ2n) is 4.07. The van der Waals surface area contributed by atoms with Crippen LogP contribution in [-0.2, 0) is 0 Å².